The van der Waals surface area contributed by atoms with Crippen LogP contribution in [0.3, 0.4) is 0 Å². The van der Waals surface area contributed by atoms with E-state index in [0.717, 1.165) is 0 Å². The van der Waals surface area contributed by atoms with Crippen molar-refractivity contribution in [3.8, 4) is 11.5 Å². The number of benzene rings is 2. The van der Waals surface area contributed by atoms with Crippen molar-refractivity contribution in [1.29, 1.82) is 0 Å². The van der Waals surface area contributed by atoms with Crippen LogP contribution >= 0.6 is 46.4 Å². The summed E-state index contributed by atoms with van der Waals surface area (Å²) in [7, 11) is 0. The minimum Gasteiger partial charge on any atom is -0.492 e. The van der Waals surface area contributed by atoms with E-state index in [1.54, 1.807) is 0 Å². The van der Waals surface area contributed by atoms with Crippen LogP contribution in [0, 0.1) is 0 Å². The number of alkyl halides is 6. The van der Waals surface area contributed by atoms with Gasteiger partial charge in [0.2, 0.25) is 0 Å². The molecule has 4 nitrogen and oxygen atoms in total. The summed E-state index contributed by atoms with van der Waals surface area (Å²) in [5, 5.41) is 2.41. The predicted molar refractivity (Wildman–Crippen MR) is 121 cm³/mol. The molecule has 2 aromatic rings. The zero-order valence-corrected chi connectivity index (χ0v) is 20.3. The molecule has 0 bridgehead atoms. The lowest BCUT2D eigenvalue weighted by atomic mass is 10.0. The summed E-state index contributed by atoms with van der Waals surface area (Å²) >= 11 is 23.1. The first kappa shape index (κ1) is 29.2. The fourth-order valence-corrected chi connectivity index (χ4v) is 3.12. The lowest BCUT2D eigenvalue weighted by Crippen LogP contribution is -2.28. The van der Waals surface area contributed by atoms with E-state index >= 15 is 0 Å². The second kappa shape index (κ2) is 12.3. The Bertz CT molecular complexity index is 1090. The van der Waals surface area contributed by atoms with E-state index in [9.17, 15) is 31.1 Å². The van der Waals surface area contributed by atoms with Crippen LogP contribution in [0.4, 0.5) is 26.3 Å². The maximum absolute atomic E-state index is 13.2. The maximum Gasteiger partial charge on any atom is 0.417 e. The quantitative estimate of drug-likeness (QED) is 0.240. The number of hydrogen-bond acceptors (Lipinski definition) is 3. The normalized spacial score (nSPS) is 11.7. The average Bonchev–Trinajstić information content (AvgIpc) is 2.74. The van der Waals surface area contributed by atoms with Crippen LogP contribution in [-0.4, -0.2) is 25.7 Å². The van der Waals surface area contributed by atoms with Crippen LogP contribution in [-0.2, 0) is 12.4 Å². The molecule has 0 spiro atoms. The van der Waals surface area contributed by atoms with Gasteiger partial charge in [-0.2, -0.15) is 26.3 Å². The molecule has 0 aliphatic heterocycles. The molecule has 14 heteroatoms. The van der Waals surface area contributed by atoms with Crippen molar-refractivity contribution in [3.63, 3.8) is 0 Å². The predicted octanol–water partition coefficient (Wildman–Crippen LogP) is 7.93. The highest BCUT2D eigenvalue weighted by Gasteiger charge is 2.39. The summed E-state index contributed by atoms with van der Waals surface area (Å²) in [6.45, 7) is -0.139. The molecule has 2 rings (SSSR count). The van der Waals surface area contributed by atoms with Gasteiger partial charge in [-0.15, -0.1) is 0 Å². The fourth-order valence-electron chi connectivity index (χ4n) is 2.63. The molecule has 0 aliphatic rings. The van der Waals surface area contributed by atoms with Gasteiger partial charge in [-0.05, 0) is 30.7 Å². The van der Waals surface area contributed by atoms with Crippen molar-refractivity contribution in [2.45, 2.75) is 18.8 Å². The van der Waals surface area contributed by atoms with Gasteiger partial charge in [-0.25, -0.2) is 0 Å². The van der Waals surface area contributed by atoms with Gasteiger partial charge in [0.05, 0.1) is 28.3 Å². The first-order valence-electron chi connectivity index (χ1n) is 9.52. The molecule has 192 valence electrons. The SMILES string of the molecule is O=C(NCCCOc1cc(OCC=C(Cl)Cl)cc(Cl)c1Cl)c1ccc(C(F)(F)F)cc1C(F)(F)F. The molecule has 0 saturated carbocycles. The van der Waals surface area contributed by atoms with E-state index < -0.39 is 35.0 Å². The van der Waals surface area contributed by atoms with Gasteiger partial charge < -0.3 is 14.8 Å². The zero-order chi connectivity index (χ0) is 26.4. The topological polar surface area (TPSA) is 47.6 Å². The molecule has 0 saturated heterocycles. The van der Waals surface area contributed by atoms with Gasteiger partial charge in [0, 0.05) is 18.7 Å². The fraction of sp³-hybridized carbons (Fsp3) is 0.286. The van der Waals surface area contributed by atoms with E-state index in [1.807, 2.05) is 0 Å². The number of halogens is 10. The second-order valence-electron chi connectivity index (χ2n) is 6.74. The lowest BCUT2D eigenvalue weighted by Gasteiger charge is -2.16. The highest BCUT2D eigenvalue weighted by molar-refractivity contribution is 6.55. The average molecular weight is 585 g/mol. The summed E-state index contributed by atoms with van der Waals surface area (Å²) in [4.78, 5) is 12.2. The summed E-state index contributed by atoms with van der Waals surface area (Å²) in [5.74, 6) is -0.757. The van der Waals surface area contributed by atoms with Crippen LogP contribution in [0.5, 0.6) is 11.5 Å². The smallest absolute Gasteiger partial charge is 0.417 e. The molecule has 0 heterocycles. The van der Waals surface area contributed by atoms with E-state index in [4.69, 9.17) is 55.9 Å². The zero-order valence-electron chi connectivity index (χ0n) is 17.3. The summed E-state index contributed by atoms with van der Waals surface area (Å²) in [6.07, 6.45) is -8.65. The van der Waals surface area contributed by atoms with E-state index in [1.165, 1.54) is 18.2 Å². The van der Waals surface area contributed by atoms with Gasteiger partial charge in [0.15, 0.2) is 0 Å². The molecule has 0 atom stereocenters. The lowest BCUT2D eigenvalue weighted by molar-refractivity contribution is -0.143. The van der Waals surface area contributed by atoms with Crippen LogP contribution < -0.4 is 14.8 Å². The second-order valence-corrected chi connectivity index (χ2v) is 8.53. The van der Waals surface area contributed by atoms with Gasteiger partial charge in [0.1, 0.15) is 27.6 Å². The highest BCUT2D eigenvalue weighted by atomic mass is 35.5. The van der Waals surface area contributed by atoms with Crippen LogP contribution in [0.15, 0.2) is 40.9 Å². The molecule has 1 amide bonds. The highest BCUT2D eigenvalue weighted by Crippen LogP contribution is 2.38. The van der Waals surface area contributed by atoms with E-state index in [0.29, 0.717) is 12.1 Å². The monoisotopic (exact) mass is 583 g/mol. The summed E-state index contributed by atoms with van der Waals surface area (Å²) in [6, 6.07) is 3.65. The van der Waals surface area contributed by atoms with Crippen molar-refractivity contribution in [1.82, 2.24) is 5.32 Å². The number of carbonyl (C=O) groups is 1. The number of rotatable bonds is 9. The van der Waals surface area contributed by atoms with Crippen LogP contribution in [0.2, 0.25) is 10.0 Å². The standard InChI is InChI=1S/C21H15Cl4F6NO3/c22-15-9-12(34-7-4-17(23)24)10-16(18(15)25)35-6-1-5-32-19(33)13-3-2-11(20(26,27)28)8-14(13)21(29,30)31/h2-4,8-10H,1,5-7H2,(H,32,33). The van der Waals surface area contributed by atoms with Crippen molar-refractivity contribution in [2.24, 2.45) is 0 Å². The third-order valence-corrected chi connectivity index (χ3v) is 5.31. The number of amides is 1. The number of nitrogens with one attached hydrogen (secondary N) is 1. The minimum atomic E-state index is -5.16. The maximum atomic E-state index is 13.2. The summed E-state index contributed by atoms with van der Waals surface area (Å²) < 4.78 is 88.8. The third-order valence-electron chi connectivity index (χ3n) is 4.22. The number of ether oxygens (including phenoxy) is 2. The Kier molecular flexibility index (Phi) is 10.3. The van der Waals surface area contributed by atoms with Gasteiger partial charge in [-0.3, -0.25) is 4.79 Å². The molecular formula is C21H15Cl4F6NO3. The van der Waals surface area contributed by atoms with Gasteiger partial charge in [0.25, 0.3) is 5.91 Å². The number of hydrogen-bond donors (Lipinski definition) is 1. The molecule has 0 aliphatic carbocycles. The molecular weight excluding hydrogens is 570 g/mol. The Morgan fingerprint density at radius 1 is 0.971 bits per heavy atom. The van der Waals surface area contributed by atoms with Gasteiger partial charge in [-0.1, -0.05) is 46.4 Å². The van der Waals surface area contributed by atoms with Crippen molar-refractivity contribution in [2.75, 3.05) is 19.8 Å². The Labute approximate surface area is 215 Å². The Morgan fingerprint density at radius 3 is 2.26 bits per heavy atom. The first-order valence-corrected chi connectivity index (χ1v) is 11.0. The molecule has 0 fully saturated rings. The molecule has 0 radical (unpaired) electrons. The van der Waals surface area contributed by atoms with E-state index in [-0.39, 0.29) is 58.3 Å². The van der Waals surface area contributed by atoms with Crippen LogP contribution in [0.1, 0.15) is 27.9 Å². The van der Waals surface area contributed by atoms with Crippen molar-refractivity contribution >= 4 is 52.3 Å². The van der Waals surface area contributed by atoms with Crippen LogP contribution in [0.25, 0.3) is 0 Å². The van der Waals surface area contributed by atoms with Crippen molar-refractivity contribution in [3.05, 3.63) is 67.6 Å². The molecule has 1 N–H and O–H groups in total. The van der Waals surface area contributed by atoms with Crippen molar-refractivity contribution < 1.29 is 40.6 Å². The first-order chi connectivity index (χ1) is 16.2. The van der Waals surface area contributed by atoms with E-state index in [2.05, 4.69) is 5.32 Å². The molecule has 35 heavy (non-hydrogen) atoms. The summed E-state index contributed by atoms with van der Waals surface area (Å²) in [5.41, 5.74) is -4.14. The Balaban J connectivity index is 1.98. The van der Waals surface area contributed by atoms with Gasteiger partial charge >= 0.3 is 12.4 Å². The molecule has 2 aromatic carbocycles. The third kappa shape index (κ3) is 8.86. The number of carbonyl (C=O) groups excluding carboxylic acids is 1. The largest absolute Gasteiger partial charge is 0.492 e. The minimum absolute atomic E-state index is 0.00207. The Morgan fingerprint density at radius 2 is 1.66 bits per heavy atom. The molecule has 0 unspecified atom stereocenters. The Hall–Kier alpha value is -2.01. The molecule has 0 aromatic heterocycles.